The zero-order chi connectivity index (χ0) is 15.0. The Kier molecular flexibility index (Phi) is 3.35. The van der Waals surface area contributed by atoms with Crippen LogP contribution in [0.2, 0.25) is 0 Å². The molecule has 0 radical (unpaired) electrons. The summed E-state index contributed by atoms with van der Waals surface area (Å²) >= 11 is 0. The Bertz CT molecular complexity index is 563. The minimum Gasteiger partial charge on any atom is -0.399 e. The van der Waals surface area contributed by atoms with Gasteiger partial charge in [-0.25, -0.2) is 0 Å². The van der Waals surface area contributed by atoms with E-state index in [2.05, 4.69) is 0 Å². The highest BCUT2D eigenvalue weighted by atomic mass is 16.2. The van der Waals surface area contributed by atoms with Gasteiger partial charge in [0.25, 0.3) is 0 Å². The van der Waals surface area contributed by atoms with E-state index < -0.39 is 5.41 Å². The van der Waals surface area contributed by atoms with Gasteiger partial charge in [-0.15, -0.1) is 0 Å². The van der Waals surface area contributed by atoms with Gasteiger partial charge in [0, 0.05) is 18.8 Å². The number of nitrogens with zero attached hydrogens (tertiary/aromatic N) is 1. The third kappa shape index (κ3) is 2.48. The monoisotopic (exact) mass is 287 g/mol. The summed E-state index contributed by atoms with van der Waals surface area (Å²) in [5.74, 6) is -0.368. The van der Waals surface area contributed by atoms with Crippen molar-refractivity contribution in [2.75, 3.05) is 18.8 Å². The molecule has 1 aromatic rings. The molecule has 21 heavy (non-hydrogen) atoms. The van der Waals surface area contributed by atoms with Gasteiger partial charge in [0.1, 0.15) is 0 Å². The molecule has 0 spiro atoms. The van der Waals surface area contributed by atoms with E-state index in [1.165, 1.54) is 0 Å². The van der Waals surface area contributed by atoms with Crippen LogP contribution in [0.5, 0.6) is 0 Å². The summed E-state index contributed by atoms with van der Waals surface area (Å²) in [7, 11) is 0. The summed E-state index contributed by atoms with van der Waals surface area (Å²) in [6.07, 6.45) is 3.37. The van der Waals surface area contributed by atoms with Gasteiger partial charge < -0.3 is 16.4 Å². The first kappa shape index (κ1) is 13.9. The molecule has 5 heteroatoms. The zero-order valence-corrected chi connectivity index (χ0v) is 12.0. The van der Waals surface area contributed by atoms with Gasteiger partial charge in [-0.05, 0) is 43.4 Å². The molecule has 1 unspecified atom stereocenters. The van der Waals surface area contributed by atoms with E-state index in [0.717, 1.165) is 37.8 Å². The average molecular weight is 287 g/mol. The SMILES string of the molecule is NC(=O)C1CCCN(C(=O)C2(c3ccc(N)cc3)CC2)C1. The van der Waals surface area contributed by atoms with Gasteiger partial charge in [0.15, 0.2) is 0 Å². The summed E-state index contributed by atoms with van der Waals surface area (Å²) in [6, 6.07) is 7.56. The third-order valence-electron chi connectivity index (χ3n) is 4.73. The van der Waals surface area contributed by atoms with Crippen molar-refractivity contribution in [3.8, 4) is 0 Å². The molecule has 5 nitrogen and oxygen atoms in total. The molecular formula is C16H21N3O2. The van der Waals surface area contributed by atoms with Crippen molar-refractivity contribution in [2.24, 2.45) is 11.7 Å². The zero-order valence-electron chi connectivity index (χ0n) is 12.0. The van der Waals surface area contributed by atoms with Crippen molar-refractivity contribution in [1.82, 2.24) is 4.90 Å². The molecule has 2 aliphatic rings. The molecule has 1 heterocycles. The number of rotatable bonds is 3. The predicted molar refractivity (Wildman–Crippen MR) is 80.3 cm³/mol. The van der Waals surface area contributed by atoms with Gasteiger partial charge in [0.05, 0.1) is 11.3 Å². The van der Waals surface area contributed by atoms with Crippen LogP contribution in [0.25, 0.3) is 0 Å². The summed E-state index contributed by atoms with van der Waals surface area (Å²) < 4.78 is 0. The highest BCUT2D eigenvalue weighted by molar-refractivity contribution is 5.92. The number of anilines is 1. The molecule has 1 aliphatic carbocycles. The topological polar surface area (TPSA) is 89.4 Å². The molecule has 1 atom stereocenters. The van der Waals surface area contributed by atoms with Gasteiger partial charge in [0.2, 0.25) is 11.8 Å². The number of hydrogen-bond donors (Lipinski definition) is 2. The Hall–Kier alpha value is -2.04. The summed E-state index contributed by atoms with van der Waals surface area (Å²) in [5, 5.41) is 0. The van der Waals surface area contributed by atoms with Crippen LogP contribution in [0, 0.1) is 5.92 Å². The Morgan fingerprint density at radius 2 is 1.86 bits per heavy atom. The maximum absolute atomic E-state index is 12.9. The standard InChI is InChI=1S/C16H21N3O2/c17-13-5-3-12(4-6-13)16(7-8-16)15(21)19-9-1-2-11(10-19)14(18)20/h3-6,11H,1-2,7-10,17H2,(H2,18,20). The molecule has 1 saturated heterocycles. The largest absolute Gasteiger partial charge is 0.399 e. The average Bonchev–Trinajstić information content (AvgIpc) is 3.29. The van der Waals surface area contributed by atoms with Crippen LogP contribution in [-0.4, -0.2) is 29.8 Å². The number of nitrogens with two attached hydrogens (primary N) is 2. The molecule has 1 aliphatic heterocycles. The van der Waals surface area contributed by atoms with Gasteiger partial charge in [-0.1, -0.05) is 12.1 Å². The van der Waals surface area contributed by atoms with Crippen LogP contribution in [0.15, 0.2) is 24.3 Å². The lowest BCUT2D eigenvalue weighted by molar-refractivity contribution is -0.137. The van der Waals surface area contributed by atoms with Crippen LogP contribution < -0.4 is 11.5 Å². The quantitative estimate of drug-likeness (QED) is 0.813. The second-order valence-corrected chi connectivity index (χ2v) is 6.20. The molecule has 2 amide bonds. The molecule has 4 N–H and O–H groups in total. The summed E-state index contributed by atoms with van der Waals surface area (Å²) in [5.41, 5.74) is 12.4. The predicted octanol–water partition coefficient (Wildman–Crippen LogP) is 1.02. The highest BCUT2D eigenvalue weighted by Gasteiger charge is 2.53. The normalized spacial score (nSPS) is 23.6. The Balaban J connectivity index is 1.78. The fraction of sp³-hybridized carbons (Fsp3) is 0.500. The van der Waals surface area contributed by atoms with Gasteiger partial charge in [-0.3, -0.25) is 9.59 Å². The Morgan fingerprint density at radius 1 is 1.19 bits per heavy atom. The maximum atomic E-state index is 12.9. The van der Waals surface area contributed by atoms with Crippen LogP contribution in [0.3, 0.4) is 0 Å². The van der Waals surface area contributed by atoms with Crippen molar-refractivity contribution < 1.29 is 9.59 Å². The molecular weight excluding hydrogens is 266 g/mol. The molecule has 2 fully saturated rings. The lowest BCUT2D eigenvalue weighted by atomic mass is 9.91. The van der Waals surface area contributed by atoms with Gasteiger partial charge >= 0.3 is 0 Å². The Morgan fingerprint density at radius 3 is 2.43 bits per heavy atom. The number of nitrogen functional groups attached to an aromatic ring is 1. The summed E-state index contributed by atoms with van der Waals surface area (Å²) in [4.78, 5) is 26.1. The van der Waals surface area contributed by atoms with E-state index in [0.29, 0.717) is 12.2 Å². The van der Waals surface area contributed by atoms with E-state index in [1.807, 2.05) is 29.2 Å². The number of benzene rings is 1. The highest BCUT2D eigenvalue weighted by Crippen LogP contribution is 2.50. The van der Waals surface area contributed by atoms with E-state index in [9.17, 15) is 9.59 Å². The first-order chi connectivity index (χ1) is 10.0. The number of likely N-dealkylation sites (tertiary alicyclic amines) is 1. The minimum atomic E-state index is -0.396. The number of piperidine rings is 1. The molecule has 1 saturated carbocycles. The molecule has 1 aromatic carbocycles. The second-order valence-electron chi connectivity index (χ2n) is 6.20. The van der Waals surface area contributed by atoms with Crippen molar-refractivity contribution >= 4 is 17.5 Å². The first-order valence-electron chi connectivity index (χ1n) is 7.48. The van der Waals surface area contributed by atoms with Crippen LogP contribution in [0.4, 0.5) is 5.69 Å². The first-order valence-corrected chi connectivity index (χ1v) is 7.48. The van der Waals surface area contributed by atoms with E-state index >= 15 is 0 Å². The fourth-order valence-electron chi connectivity index (χ4n) is 3.25. The number of carbonyl (C=O) groups excluding carboxylic acids is 2. The van der Waals surface area contributed by atoms with Crippen LogP contribution in [0.1, 0.15) is 31.2 Å². The molecule has 0 aromatic heterocycles. The number of hydrogen-bond acceptors (Lipinski definition) is 3. The van der Waals surface area contributed by atoms with Crippen LogP contribution >= 0.6 is 0 Å². The Labute approximate surface area is 124 Å². The lowest BCUT2D eigenvalue weighted by Gasteiger charge is -2.34. The van der Waals surface area contributed by atoms with Crippen LogP contribution in [-0.2, 0) is 15.0 Å². The minimum absolute atomic E-state index is 0.137. The second kappa shape index (κ2) is 5.06. The number of primary amides is 1. The van der Waals surface area contributed by atoms with Crippen molar-refractivity contribution in [3.63, 3.8) is 0 Å². The lowest BCUT2D eigenvalue weighted by Crippen LogP contribution is -2.47. The van der Waals surface area contributed by atoms with Crippen molar-refractivity contribution in [3.05, 3.63) is 29.8 Å². The summed E-state index contributed by atoms with van der Waals surface area (Å²) in [6.45, 7) is 1.18. The van der Waals surface area contributed by atoms with E-state index in [4.69, 9.17) is 11.5 Å². The fourth-order valence-corrected chi connectivity index (χ4v) is 3.25. The van der Waals surface area contributed by atoms with Crippen molar-refractivity contribution in [1.29, 1.82) is 0 Å². The maximum Gasteiger partial charge on any atom is 0.233 e. The van der Waals surface area contributed by atoms with E-state index in [-0.39, 0.29) is 17.7 Å². The number of carbonyl (C=O) groups is 2. The molecule has 0 bridgehead atoms. The molecule has 112 valence electrons. The smallest absolute Gasteiger partial charge is 0.233 e. The van der Waals surface area contributed by atoms with E-state index in [1.54, 1.807) is 0 Å². The number of amides is 2. The van der Waals surface area contributed by atoms with Gasteiger partial charge in [-0.2, -0.15) is 0 Å². The third-order valence-corrected chi connectivity index (χ3v) is 4.73. The molecule has 3 rings (SSSR count). The van der Waals surface area contributed by atoms with Crippen molar-refractivity contribution in [2.45, 2.75) is 31.1 Å².